The van der Waals surface area contributed by atoms with Gasteiger partial charge in [0, 0.05) is 46.3 Å². The van der Waals surface area contributed by atoms with E-state index in [-0.39, 0.29) is 49.2 Å². The molecule has 70 heavy (non-hydrogen) atoms. The van der Waals surface area contributed by atoms with E-state index in [1.54, 1.807) is 9.80 Å². The smallest absolute Gasteiger partial charge is 0.264 e. The van der Waals surface area contributed by atoms with Crippen molar-refractivity contribution in [1.82, 2.24) is 15.5 Å². The topological polar surface area (TPSA) is 161 Å². The van der Waals surface area contributed by atoms with Crippen molar-refractivity contribution in [2.45, 2.75) is 106 Å². The molecule has 6 saturated heterocycles. The van der Waals surface area contributed by atoms with Gasteiger partial charge in [0.15, 0.2) is 13.9 Å². The minimum absolute atomic E-state index is 0.0113. The lowest BCUT2D eigenvalue weighted by atomic mass is 9.82. The first-order valence-corrected chi connectivity index (χ1v) is 28.4. The number of rotatable bonds is 10. The third kappa shape index (κ3) is 7.39. The fourth-order valence-corrected chi connectivity index (χ4v) is 16.1. The number of piperidine rings is 2. The number of carbonyl (C=O) groups is 4. The molecule has 4 aromatic rings. The van der Waals surface area contributed by atoms with E-state index in [0.29, 0.717) is 75.6 Å². The molecule has 11 rings (SSSR count). The number of hydrogen-bond acceptors (Lipinski definition) is 11. The number of aliphatic hydroxyl groups excluding tert-OH is 1. The summed E-state index contributed by atoms with van der Waals surface area (Å²) in [7, 11) is -3.14. The highest BCUT2D eigenvalue weighted by atomic mass is 28.4. The van der Waals surface area contributed by atoms with Crippen molar-refractivity contribution in [2.24, 2.45) is 5.92 Å². The molecular weight excluding hydrogens is 901 g/mol. The molecule has 0 unspecified atom stereocenters. The van der Waals surface area contributed by atoms with Gasteiger partial charge in [0.1, 0.15) is 11.1 Å². The third-order valence-electron chi connectivity index (χ3n) is 17.0. The minimum atomic E-state index is -3.14. The predicted octanol–water partition coefficient (Wildman–Crippen LogP) is 5.27. The highest BCUT2D eigenvalue weighted by Crippen LogP contribution is 2.61. The van der Waals surface area contributed by atoms with E-state index < -0.39 is 42.6 Å². The van der Waals surface area contributed by atoms with Crippen LogP contribution in [0.25, 0.3) is 0 Å². The van der Waals surface area contributed by atoms with Crippen LogP contribution in [0.15, 0.2) is 103 Å². The number of likely N-dealkylation sites (tertiary alicyclic amines) is 1. The summed E-state index contributed by atoms with van der Waals surface area (Å²) in [6, 6.07) is 33.7. The first kappa shape index (κ1) is 46.7. The largest absolute Gasteiger partial charge is 0.432 e. The van der Waals surface area contributed by atoms with Crippen LogP contribution in [0.2, 0.25) is 18.6 Å². The van der Waals surface area contributed by atoms with Gasteiger partial charge < -0.3 is 44.9 Å². The predicted molar refractivity (Wildman–Crippen MR) is 272 cm³/mol. The quantitative estimate of drug-likeness (QED) is 0.153. The van der Waals surface area contributed by atoms with Crippen LogP contribution in [0.4, 0.5) is 28.4 Å². The van der Waals surface area contributed by atoms with E-state index >= 15 is 4.79 Å². The Kier molecular flexibility index (Phi) is 12.0. The zero-order chi connectivity index (χ0) is 48.6. The number of nitrogens with zero attached hydrogens (tertiary/aromatic N) is 6. The molecule has 6 fully saturated rings. The summed E-state index contributed by atoms with van der Waals surface area (Å²) >= 11 is 0. The van der Waals surface area contributed by atoms with Crippen LogP contribution >= 0.6 is 0 Å². The van der Waals surface area contributed by atoms with Crippen molar-refractivity contribution in [3.8, 4) is 0 Å². The lowest BCUT2D eigenvalue weighted by Crippen LogP contribution is -2.55. The molecule has 7 aliphatic rings. The van der Waals surface area contributed by atoms with Crippen LogP contribution in [-0.2, 0) is 36.1 Å². The lowest BCUT2D eigenvalue weighted by Gasteiger charge is -2.39. The van der Waals surface area contributed by atoms with Gasteiger partial charge in [0.2, 0.25) is 5.91 Å². The molecular formula is C54H66N8O7Si. The average molecular weight is 967 g/mol. The highest BCUT2D eigenvalue weighted by molar-refractivity contribution is 6.71. The Morgan fingerprint density at radius 2 is 1.27 bits per heavy atom. The number of hydrogen-bond donors (Lipinski definition) is 4. The standard InChI is InChI=1S/C54H66N8O7Si/c1-37-48(70(2,3)68)46(32-47(64)57-30-10-15-43(57)34-63)69-54(37)44-31-42(60-36-62(41-13-8-5-9-14-41)53(50(60)66)24-28-56-29-25-53)20-21-45(44)58(51(54)67)33-38-16-18-39(19-17-38)59-35-61(40-11-6-4-7-12-40)52(49(59)65)22-26-55-27-23-52/h4-9,11-14,16-21,31,37,43,46,48,55-56,63,68H,10,15,22-30,32-36H2,1-3H3/t37-,43+,46+,48-,54+/m1/s1. The van der Waals surface area contributed by atoms with Crippen LogP contribution in [0.3, 0.4) is 0 Å². The molecule has 0 aromatic heterocycles. The van der Waals surface area contributed by atoms with E-state index in [2.05, 4.69) is 44.7 Å². The molecule has 16 heteroatoms. The van der Waals surface area contributed by atoms with Gasteiger partial charge in [-0.15, -0.1) is 0 Å². The highest BCUT2D eigenvalue weighted by Gasteiger charge is 2.67. The molecule has 0 radical (unpaired) electrons. The first-order valence-electron chi connectivity index (χ1n) is 25.4. The van der Waals surface area contributed by atoms with Crippen LogP contribution in [0.1, 0.15) is 63.0 Å². The van der Waals surface area contributed by atoms with E-state index in [4.69, 9.17) is 4.74 Å². The Labute approximate surface area is 411 Å². The normalized spacial score (nSPS) is 27.3. The van der Waals surface area contributed by atoms with Gasteiger partial charge in [-0.2, -0.15) is 0 Å². The molecule has 15 nitrogen and oxygen atoms in total. The van der Waals surface area contributed by atoms with E-state index in [1.165, 1.54) is 0 Å². The lowest BCUT2D eigenvalue weighted by molar-refractivity contribution is -0.150. The number of para-hydroxylation sites is 2. The number of aliphatic hydroxyl groups is 1. The fourth-order valence-electron chi connectivity index (χ4n) is 13.5. The van der Waals surface area contributed by atoms with Crippen molar-refractivity contribution in [2.75, 3.05) is 77.2 Å². The van der Waals surface area contributed by atoms with Gasteiger partial charge in [0.05, 0.1) is 50.7 Å². The SMILES string of the molecule is C[C@@H]1[C@@H]([Si](C)(C)O)[C@H](CC(=O)N2CCC[C@H]2CO)O[C@@]12C(=O)N(Cc1ccc(N3CN(c4ccccc4)C4(CCNCC4)C3=O)cc1)c1ccc(N3CN(c4ccccc4)C4(CCNCC4)C3=O)cc12. The van der Waals surface area contributed by atoms with Crippen LogP contribution in [0.5, 0.6) is 0 Å². The van der Waals surface area contributed by atoms with Crippen molar-refractivity contribution in [1.29, 1.82) is 0 Å². The second-order valence-corrected chi connectivity index (χ2v) is 25.2. The number of anilines is 5. The summed E-state index contributed by atoms with van der Waals surface area (Å²) in [6.07, 6.45) is 3.42. The second-order valence-electron chi connectivity index (χ2n) is 21.2. The first-order chi connectivity index (χ1) is 33.8. The summed E-state index contributed by atoms with van der Waals surface area (Å²) in [4.78, 5) is 83.2. The molecule has 4 amide bonds. The van der Waals surface area contributed by atoms with Crippen LogP contribution < -0.4 is 35.1 Å². The summed E-state index contributed by atoms with van der Waals surface area (Å²) < 4.78 is 7.21. The van der Waals surface area contributed by atoms with Gasteiger partial charge in [-0.25, -0.2) is 0 Å². The number of carbonyl (C=O) groups excluding carboxylic acids is 4. The van der Waals surface area contributed by atoms with Crippen LogP contribution in [-0.4, -0.2) is 123 Å². The van der Waals surface area contributed by atoms with Crippen molar-refractivity contribution < 1.29 is 33.8 Å². The average Bonchev–Trinajstić information content (AvgIpc) is 4.16. The molecule has 4 N–H and O–H groups in total. The molecule has 0 aliphatic carbocycles. The van der Waals surface area contributed by atoms with Gasteiger partial charge in [-0.3, -0.25) is 29.0 Å². The Bertz CT molecular complexity index is 2640. The van der Waals surface area contributed by atoms with Crippen LogP contribution in [0, 0.1) is 5.92 Å². The second kappa shape index (κ2) is 17.9. The van der Waals surface area contributed by atoms with Crippen molar-refractivity contribution in [3.63, 3.8) is 0 Å². The molecule has 7 aliphatic heterocycles. The Morgan fingerprint density at radius 3 is 1.81 bits per heavy atom. The summed E-state index contributed by atoms with van der Waals surface area (Å²) in [5, 5.41) is 17.0. The Hall–Kier alpha value is -5.62. The molecule has 3 spiro atoms. The summed E-state index contributed by atoms with van der Waals surface area (Å²) in [5.41, 5.74) is 2.09. The van der Waals surface area contributed by atoms with E-state index in [1.807, 2.05) is 109 Å². The Balaban J connectivity index is 0.952. The number of nitrogens with one attached hydrogen (secondary N) is 2. The van der Waals surface area contributed by atoms with Gasteiger partial charge >= 0.3 is 0 Å². The van der Waals surface area contributed by atoms with Crippen molar-refractivity contribution >= 4 is 60.4 Å². The van der Waals surface area contributed by atoms with E-state index in [0.717, 1.165) is 48.6 Å². The van der Waals surface area contributed by atoms with Crippen molar-refractivity contribution in [3.05, 3.63) is 114 Å². The third-order valence-corrected chi connectivity index (χ3v) is 19.5. The van der Waals surface area contributed by atoms with E-state index in [9.17, 15) is 24.3 Å². The van der Waals surface area contributed by atoms with Gasteiger partial charge in [-0.1, -0.05) is 55.5 Å². The molecule has 7 heterocycles. The summed E-state index contributed by atoms with van der Waals surface area (Å²) in [6.45, 7) is 9.99. The van der Waals surface area contributed by atoms with Gasteiger partial charge in [0.25, 0.3) is 17.7 Å². The number of benzene rings is 4. The number of amides is 4. The molecule has 368 valence electrons. The zero-order valence-corrected chi connectivity index (χ0v) is 41.6. The number of ether oxygens (including phenoxy) is 1. The minimum Gasteiger partial charge on any atom is -0.432 e. The maximum atomic E-state index is 15.7. The molecule has 0 bridgehead atoms. The van der Waals surface area contributed by atoms with Gasteiger partial charge in [-0.05, 0) is 138 Å². The zero-order valence-electron chi connectivity index (χ0n) is 40.6. The number of fused-ring (bicyclic) bond motifs is 2. The fraction of sp³-hybridized carbons (Fsp3) is 0.481. The summed E-state index contributed by atoms with van der Waals surface area (Å²) in [5.74, 6) is -0.880. The molecule has 0 saturated carbocycles. The molecule has 5 atom stereocenters. The maximum Gasteiger partial charge on any atom is 0.264 e. The Morgan fingerprint density at radius 1 is 0.729 bits per heavy atom. The maximum absolute atomic E-state index is 15.7. The monoisotopic (exact) mass is 966 g/mol. The molecule has 4 aromatic carbocycles.